The van der Waals surface area contributed by atoms with Gasteiger partial charge in [-0.05, 0) is 13.8 Å². The zero-order valence-electron chi connectivity index (χ0n) is 9.37. The van der Waals surface area contributed by atoms with Crippen LogP contribution in [-0.2, 0) is 0 Å². The molecular weight excluding hydrogens is 204 g/mol. The first-order chi connectivity index (χ1) is 7.17. The summed E-state index contributed by atoms with van der Waals surface area (Å²) in [5, 5.41) is 5.18. The van der Waals surface area contributed by atoms with Gasteiger partial charge < -0.3 is 5.32 Å². The average Bonchev–Trinajstić information content (AvgIpc) is 2.67. The van der Waals surface area contributed by atoms with Gasteiger partial charge in [0.05, 0.1) is 6.20 Å². The van der Waals surface area contributed by atoms with Gasteiger partial charge in [0.1, 0.15) is 10.0 Å². The van der Waals surface area contributed by atoms with Crippen LogP contribution in [0.15, 0.2) is 36.6 Å². The highest BCUT2D eigenvalue weighted by molar-refractivity contribution is 7.16. The van der Waals surface area contributed by atoms with Crippen LogP contribution in [0.3, 0.4) is 0 Å². The fourth-order valence-corrected chi connectivity index (χ4v) is 1.87. The predicted octanol–water partition coefficient (Wildman–Crippen LogP) is 3.72. The lowest BCUT2D eigenvalue weighted by Gasteiger charge is -1.95. The molecule has 0 radical (unpaired) electrons. The van der Waals surface area contributed by atoms with Crippen LogP contribution < -0.4 is 5.32 Å². The Balaban J connectivity index is 2.89. The Kier molecular flexibility index (Phi) is 4.31. The van der Waals surface area contributed by atoms with Crippen LogP contribution in [0, 0.1) is 0 Å². The molecule has 0 aliphatic heterocycles. The van der Waals surface area contributed by atoms with E-state index in [0.29, 0.717) is 0 Å². The van der Waals surface area contributed by atoms with Crippen molar-refractivity contribution in [3.63, 3.8) is 0 Å². The van der Waals surface area contributed by atoms with E-state index >= 15 is 0 Å². The number of aromatic nitrogens is 1. The fourth-order valence-electron chi connectivity index (χ4n) is 1.05. The van der Waals surface area contributed by atoms with E-state index in [9.17, 15) is 0 Å². The van der Waals surface area contributed by atoms with Crippen molar-refractivity contribution in [1.29, 1.82) is 0 Å². The van der Waals surface area contributed by atoms with Gasteiger partial charge in [-0.3, -0.25) is 0 Å². The van der Waals surface area contributed by atoms with Gasteiger partial charge in [0.25, 0.3) is 0 Å². The topological polar surface area (TPSA) is 24.9 Å². The quantitative estimate of drug-likeness (QED) is 0.782. The molecule has 1 N–H and O–H groups in total. The van der Waals surface area contributed by atoms with E-state index in [2.05, 4.69) is 23.0 Å². The van der Waals surface area contributed by atoms with Crippen LogP contribution in [0.4, 0.5) is 5.00 Å². The summed E-state index contributed by atoms with van der Waals surface area (Å²) in [6.07, 6.45) is 7.94. The third kappa shape index (κ3) is 3.36. The summed E-state index contributed by atoms with van der Waals surface area (Å²) in [5.74, 6) is 0. The SMILES string of the molecule is C=C(C)/C=C\C(=C/C)c1ncc(NC)s1. The summed E-state index contributed by atoms with van der Waals surface area (Å²) in [7, 11) is 1.90. The lowest BCUT2D eigenvalue weighted by molar-refractivity contribution is 1.36. The molecule has 0 unspecified atom stereocenters. The Bertz CT molecular complexity index is 400. The second-order valence-electron chi connectivity index (χ2n) is 3.20. The lowest BCUT2D eigenvalue weighted by atomic mass is 10.2. The summed E-state index contributed by atoms with van der Waals surface area (Å²) < 4.78 is 0. The van der Waals surface area contributed by atoms with E-state index in [1.807, 2.05) is 39.2 Å². The Hall–Kier alpha value is -1.35. The van der Waals surface area contributed by atoms with Gasteiger partial charge in [0.15, 0.2) is 0 Å². The molecule has 0 fully saturated rings. The molecule has 0 saturated carbocycles. The molecule has 80 valence electrons. The first-order valence-electron chi connectivity index (χ1n) is 4.81. The molecule has 0 spiro atoms. The van der Waals surface area contributed by atoms with Gasteiger partial charge in [-0.25, -0.2) is 4.98 Å². The molecule has 0 amide bonds. The van der Waals surface area contributed by atoms with Gasteiger partial charge in [-0.15, -0.1) is 0 Å². The van der Waals surface area contributed by atoms with Crippen LogP contribution in [0.25, 0.3) is 5.57 Å². The van der Waals surface area contributed by atoms with Crippen LogP contribution in [0.2, 0.25) is 0 Å². The number of rotatable bonds is 4. The number of nitrogens with one attached hydrogen (secondary N) is 1. The van der Waals surface area contributed by atoms with Gasteiger partial charge in [-0.2, -0.15) is 0 Å². The predicted molar refractivity (Wildman–Crippen MR) is 69.3 cm³/mol. The van der Waals surface area contributed by atoms with E-state index in [4.69, 9.17) is 0 Å². The van der Waals surface area contributed by atoms with Gasteiger partial charge in [0.2, 0.25) is 0 Å². The smallest absolute Gasteiger partial charge is 0.124 e. The van der Waals surface area contributed by atoms with Crippen molar-refractivity contribution in [2.75, 3.05) is 12.4 Å². The molecule has 1 aromatic heterocycles. The van der Waals surface area contributed by atoms with E-state index in [0.717, 1.165) is 21.2 Å². The highest BCUT2D eigenvalue weighted by Crippen LogP contribution is 2.25. The summed E-state index contributed by atoms with van der Waals surface area (Å²) >= 11 is 1.65. The third-order valence-electron chi connectivity index (χ3n) is 1.86. The van der Waals surface area contributed by atoms with E-state index in [-0.39, 0.29) is 0 Å². The van der Waals surface area contributed by atoms with Crippen molar-refractivity contribution in [1.82, 2.24) is 4.98 Å². The van der Waals surface area contributed by atoms with Crippen molar-refractivity contribution >= 4 is 21.9 Å². The Morgan fingerprint density at radius 3 is 2.73 bits per heavy atom. The molecule has 3 heteroatoms. The standard InChI is InChI=1S/C12H16N2S/c1-5-10(7-6-9(2)3)12-14-8-11(13-4)15-12/h5-8,13H,2H2,1,3-4H3/b7-6-,10-5+. The first-order valence-corrected chi connectivity index (χ1v) is 5.63. The van der Waals surface area contributed by atoms with Crippen LogP contribution >= 0.6 is 11.3 Å². The van der Waals surface area contributed by atoms with E-state index in [1.54, 1.807) is 11.3 Å². The summed E-state index contributed by atoms with van der Waals surface area (Å²) in [6.45, 7) is 7.82. The number of hydrogen-bond donors (Lipinski definition) is 1. The molecule has 2 nitrogen and oxygen atoms in total. The maximum Gasteiger partial charge on any atom is 0.124 e. The number of thiazole rings is 1. The number of allylic oxidation sites excluding steroid dienone is 5. The minimum Gasteiger partial charge on any atom is -0.379 e. The first kappa shape index (κ1) is 11.7. The molecule has 0 atom stereocenters. The van der Waals surface area contributed by atoms with E-state index < -0.39 is 0 Å². The Morgan fingerprint density at radius 2 is 2.27 bits per heavy atom. The van der Waals surface area contributed by atoms with Crippen molar-refractivity contribution in [2.45, 2.75) is 13.8 Å². The van der Waals surface area contributed by atoms with Crippen molar-refractivity contribution in [3.8, 4) is 0 Å². The third-order valence-corrected chi connectivity index (χ3v) is 2.92. The minimum atomic E-state index is 1.03. The molecule has 0 aliphatic carbocycles. The number of hydrogen-bond acceptors (Lipinski definition) is 3. The zero-order valence-corrected chi connectivity index (χ0v) is 10.2. The van der Waals surface area contributed by atoms with Gasteiger partial charge in [0, 0.05) is 12.6 Å². The summed E-state index contributed by atoms with van der Waals surface area (Å²) in [5.41, 5.74) is 2.17. The van der Waals surface area contributed by atoms with Crippen molar-refractivity contribution in [2.24, 2.45) is 0 Å². The van der Waals surface area contributed by atoms with Crippen LogP contribution in [0.1, 0.15) is 18.9 Å². The highest BCUT2D eigenvalue weighted by Gasteiger charge is 2.02. The molecule has 1 rings (SSSR count). The highest BCUT2D eigenvalue weighted by atomic mass is 32.1. The molecular formula is C12H16N2S. The Labute approximate surface area is 95.1 Å². The van der Waals surface area contributed by atoms with Crippen molar-refractivity contribution < 1.29 is 0 Å². The zero-order chi connectivity index (χ0) is 11.3. The molecule has 0 aliphatic rings. The minimum absolute atomic E-state index is 1.03. The monoisotopic (exact) mass is 220 g/mol. The molecule has 0 saturated heterocycles. The maximum absolute atomic E-state index is 4.34. The lowest BCUT2D eigenvalue weighted by Crippen LogP contribution is -1.80. The molecule has 0 bridgehead atoms. The number of anilines is 1. The van der Waals surface area contributed by atoms with Gasteiger partial charge in [-0.1, -0.05) is 41.7 Å². The largest absolute Gasteiger partial charge is 0.379 e. The van der Waals surface area contributed by atoms with Crippen LogP contribution in [0.5, 0.6) is 0 Å². The Morgan fingerprint density at radius 1 is 1.53 bits per heavy atom. The molecule has 15 heavy (non-hydrogen) atoms. The van der Waals surface area contributed by atoms with Gasteiger partial charge >= 0.3 is 0 Å². The van der Waals surface area contributed by atoms with Crippen molar-refractivity contribution in [3.05, 3.63) is 41.6 Å². The molecule has 0 aromatic carbocycles. The van der Waals surface area contributed by atoms with E-state index in [1.165, 1.54) is 0 Å². The average molecular weight is 220 g/mol. The molecule has 1 aromatic rings. The summed E-state index contributed by atoms with van der Waals surface area (Å²) in [6, 6.07) is 0. The second kappa shape index (κ2) is 5.51. The fraction of sp³-hybridized carbons (Fsp3) is 0.250. The normalized spacial score (nSPS) is 12.1. The second-order valence-corrected chi connectivity index (χ2v) is 4.23. The maximum atomic E-state index is 4.34. The molecule has 1 heterocycles. The van der Waals surface area contributed by atoms with Crippen LogP contribution in [-0.4, -0.2) is 12.0 Å². The summed E-state index contributed by atoms with van der Waals surface area (Å²) in [4.78, 5) is 4.34. The number of nitrogens with zero attached hydrogens (tertiary/aromatic N) is 1.